The molecule has 0 unspecified atom stereocenters. The van der Waals surface area contributed by atoms with E-state index in [0.29, 0.717) is 12.1 Å². The molecule has 3 nitrogen and oxygen atoms in total. The molecule has 3 rings (SSSR count). The Labute approximate surface area is 156 Å². The van der Waals surface area contributed by atoms with Crippen LogP contribution in [0.25, 0.3) is 0 Å². The van der Waals surface area contributed by atoms with Gasteiger partial charge in [-0.15, -0.1) is 0 Å². The van der Waals surface area contributed by atoms with Crippen LogP contribution in [0.4, 0.5) is 0 Å². The van der Waals surface area contributed by atoms with Gasteiger partial charge in [-0.25, -0.2) is 0 Å². The highest BCUT2D eigenvalue weighted by atomic mass is 35.5. The Balaban J connectivity index is 1.72. The van der Waals surface area contributed by atoms with Gasteiger partial charge in [-0.3, -0.25) is 0 Å². The third-order valence-electron chi connectivity index (χ3n) is 5.37. The van der Waals surface area contributed by atoms with Crippen molar-refractivity contribution in [3.8, 4) is 0 Å². The molecule has 2 fully saturated rings. The number of nitrogens with one attached hydrogen (secondary N) is 1. The molecule has 1 aromatic carbocycles. The van der Waals surface area contributed by atoms with E-state index in [1.165, 1.54) is 25.7 Å². The predicted octanol–water partition coefficient (Wildman–Crippen LogP) is 4.05. The molecule has 24 heavy (non-hydrogen) atoms. The van der Waals surface area contributed by atoms with Crippen molar-refractivity contribution >= 4 is 28.9 Å². The number of rotatable bonds is 4. The van der Waals surface area contributed by atoms with Crippen LogP contribution in [0.2, 0.25) is 5.02 Å². The number of halogens is 1. The van der Waals surface area contributed by atoms with E-state index in [1.54, 1.807) is 0 Å². The molecule has 0 bridgehead atoms. The molecule has 0 atom stereocenters. The fourth-order valence-corrected chi connectivity index (χ4v) is 4.39. The maximum Gasteiger partial charge on any atom is 0.169 e. The van der Waals surface area contributed by atoms with Crippen molar-refractivity contribution in [1.82, 2.24) is 15.1 Å². The van der Waals surface area contributed by atoms with E-state index in [1.807, 2.05) is 12.1 Å². The van der Waals surface area contributed by atoms with Gasteiger partial charge in [0, 0.05) is 23.7 Å². The van der Waals surface area contributed by atoms with E-state index in [0.717, 1.165) is 48.2 Å². The summed E-state index contributed by atoms with van der Waals surface area (Å²) in [7, 11) is 2.20. The van der Waals surface area contributed by atoms with Crippen LogP contribution in [0.15, 0.2) is 24.3 Å². The lowest BCUT2D eigenvalue weighted by molar-refractivity contribution is 0.170. The first kappa shape index (κ1) is 18.0. The molecule has 0 amide bonds. The molecule has 132 valence electrons. The normalized spacial score (nSPS) is 20.2. The van der Waals surface area contributed by atoms with Crippen LogP contribution in [0.3, 0.4) is 0 Å². The molecule has 2 aliphatic rings. The molecule has 0 aromatic heterocycles. The smallest absolute Gasteiger partial charge is 0.169 e. The third-order valence-corrected chi connectivity index (χ3v) is 6.09. The number of piperidine rings is 1. The zero-order valence-corrected chi connectivity index (χ0v) is 16.1. The summed E-state index contributed by atoms with van der Waals surface area (Å²) in [5.41, 5.74) is 1.16. The minimum absolute atomic E-state index is 0.499. The highest BCUT2D eigenvalue weighted by Gasteiger charge is 2.27. The second kappa shape index (κ2) is 8.50. The van der Waals surface area contributed by atoms with E-state index < -0.39 is 0 Å². The van der Waals surface area contributed by atoms with Gasteiger partial charge >= 0.3 is 0 Å². The summed E-state index contributed by atoms with van der Waals surface area (Å²) in [5, 5.41) is 5.37. The lowest BCUT2D eigenvalue weighted by Gasteiger charge is -2.39. The lowest BCUT2D eigenvalue weighted by atomic mass is 10.0. The molecule has 1 heterocycles. The summed E-state index contributed by atoms with van der Waals surface area (Å²) in [6, 6.07) is 9.18. The molecular weight excluding hydrogens is 338 g/mol. The average Bonchev–Trinajstić information content (AvgIpc) is 3.08. The predicted molar refractivity (Wildman–Crippen MR) is 106 cm³/mol. The first-order chi connectivity index (χ1) is 11.6. The zero-order chi connectivity index (χ0) is 16.9. The van der Waals surface area contributed by atoms with Gasteiger partial charge in [0.15, 0.2) is 5.11 Å². The van der Waals surface area contributed by atoms with E-state index >= 15 is 0 Å². The van der Waals surface area contributed by atoms with Gasteiger partial charge in [-0.05, 0) is 69.7 Å². The second-order valence-corrected chi connectivity index (χ2v) is 7.98. The minimum Gasteiger partial charge on any atom is -0.360 e. The number of hydrogen-bond acceptors (Lipinski definition) is 2. The van der Waals surface area contributed by atoms with Crippen LogP contribution < -0.4 is 5.32 Å². The van der Waals surface area contributed by atoms with Gasteiger partial charge in [-0.2, -0.15) is 0 Å². The number of hydrogen-bond donors (Lipinski definition) is 1. The third kappa shape index (κ3) is 4.62. The van der Waals surface area contributed by atoms with E-state index in [4.69, 9.17) is 23.8 Å². The lowest BCUT2D eigenvalue weighted by Crippen LogP contribution is -2.51. The summed E-state index contributed by atoms with van der Waals surface area (Å²) in [4.78, 5) is 4.79. The second-order valence-electron chi connectivity index (χ2n) is 7.18. The molecule has 1 aliphatic heterocycles. The molecule has 1 aliphatic carbocycles. The van der Waals surface area contributed by atoms with Crippen LogP contribution in [0.1, 0.15) is 44.1 Å². The SMILES string of the molecule is CN1CCC(N(Cc2ccccc2Cl)C(=S)NC2CCCC2)CC1. The Hall–Kier alpha value is -0.840. The maximum atomic E-state index is 6.41. The fraction of sp³-hybridized carbons (Fsp3) is 0.632. The van der Waals surface area contributed by atoms with Gasteiger partial charge in [0.1, 0.15) is 0 Å². The largest absolute Gasteiger partial charge is 0.360 e. The zero-order valence-electron chi connectivity index (χ0n) is 14.5. The number of likely N-dealkylation sites (tertiary alicyclic amines) is 1. The van der Waals surface area contributed by atoms with Gasteiger partial charge in [-0.1, -0.05) is 42.6 Å². The molecule has 1 N–H and O–H groups in total. The molecule has 0 radical (unpaired) electrons. The average molecular weight is 366 g/mol. The maximum absolute atomic E-state index is 6.41. The molecule has 1 aromatic rings. The summed E-state index contributed by atoms with van der Waals surface area (Å²) >= 11 is 12.2. The van der Waals surface area contributed by atoms with Crippen LogP contribution in [0.5, 0.6) is 0 Å². The summed E-state index contributed by atoms with van der Waals surface area (Å²) in [6.07, 6.45) is 7.44. The van der Waals surface area contributed by atoms with Gasteiger partial charge in [0.25, 0.3) is 0 Å². The van der Waals surface area contributed by atoms with Crippen molar-refractivity contribution in [2.75, 3.05) is 20.1 Å². The van der Waals surface area contributed by atoms with E-state index in [9.17, 15) is 0 Å². The van der Waals surface area contributed by atoms with Gasteiger partial charge < -0.3 is 15.1 Å². The van der Waals surface area contributed by atoms with Crippen LogP contribution in [0, 0.1) is 0 Å². The number of benzene rings is 1. The minimum atomic E-state index is 0.499. The molecule has 1 saturated carbocycles. The van der Waals surface area contributed by atoms with Gasteiger partial charge in [0.2, 0.25) is 0 Å². The summed E-state index contributed by atoms with van der Waals surface area (Å²) in [5.74, 6) is 0. The van der Waals surface area contributed by atoms with Crippen molar-refractivity contribution < 1.29 is 0 Å². The fourth-order valence-electron chi connectivity index (χ4n) is 3.81. The van der Waals surface area contributed by atoms with Gasteiger partial charge in [0.05, 0.1) is 0 Å². The summed E-state index contributed by atoms with van der Waals surface area (Å²) in [6.45, 7) is 3.07. The summed E-state index contributed by atoms with van der Waals surface area (Å²) < 4.78 is 0. The first-order valence-electron chi connectivity index (χ1n) is 9.12. The Morgan fingerprint density at radius 1 is 1.21 bits per heavy atom. The van der Waals surface area contributed by atoms with Crippen molar-refractivity contribution in [2.45, 2.75) is 57.2 Å². The van der Waals surface area contributed by atoms with Crippen molar-refractivity contribution in [1.29, 1.82) is 0 Å². The van der Waals surface area contributed by atoms with E-state index in [-0.39, 0.29) is 0 Å². The highest BCUT2D eigenvalue weighted by molar-refractivity contribution is 7.80. The van der Waals surface area contributed by atoms with Crippen molar-refractivity contribution in [3.05, 3.63) is 34.9 Å². The molecule has 5 heteroatoms. The first-order valence-corrected chi connectivity index (χ1v) is 9.91. The Kier molecular flexibility index (Phi) is 6.37. The van der Waals surface area contributed by atoms with Crippen LogP contribution in [-0.4, -0.2) is 47.1 Å². The van der Waals surface area contributed by atoms with E-state index in [2.05, 4.69) is 34.3 Å². The van der Waals surface area contributed by atoms with Crippen LogP contribution >= 0.6 is 23.8 Å². The number of nitrogens with zero attached hydrogens (tertiary/aromatic N) is 2. The number of thiocarbonyl (C=S) groups is 1. The van der Waals surface area contributed by atoms with Crippen LogP contribution in [-0.2, 0) is 6.54 Å². The Morgan fingerprint density at radius 2 is 1.88 bits per heavy atom. The monoisotopic (exact) mass is 365 g/mol. The Bertz CT molecular complexity index is 551. The van der Waals surface area contributed by atoms with Crippen molar-refractivity contribution in [2.24, 2.45) is 0 Å². The Morgan fingerprint density at radius 3 is 2.54 bits per heavy atom. The molecule has 0 spiro atoms. The topological polar surface area (TPSA) is 18.5 Å². The molecule has 1 saturated heterocycles. The quantitative estimate of drug-likeness (QED) is 0.811. The van der Waals surface area contributed by atoms with Crippen molar-refractivity contribution in [3.63, 3.8) is 0 Å². The standard InChI is InChI=1S/C19H28ClN3S/c1-22-12-10-17(11-13-22)23(14-15-6-2-5-9-18(15)20)19(24)21-16-7-3-4-8-16/h2,5-6,9,16-17H,3-4,7-8,10-14H2,1H3,(H,21,24). The molecular formula is C19H28ClN3S. The highest BCUT2D eigenvalue weighted by Crippen LogP contribution is 2.24.